The lowest BCUT2D eigenvalue weighted by Crippen LogP contribution is -1.76. The fraction of sp³-hybridized carbons (Fsp3) is 0. The lowest BCUT2D eigenvalue weighted by atomic mass is 10.2. The van der Waals surface area contributed by atoms with Crippen LogP contribution in [0.15, 0.2) is 28.8 Å². The summed E-state index contributed by atoms with van der Waals surface area (Å²) in [6, 6.07) is 7.26. The van der Waals surface area contributed by atoms with Crippen LogP contribution in [0.25, 0.3) is 0 Å². The molecule has 1 nitrogen and oxygen atoms in total. The second-order valence-electron chi connectivity index (χ2n) is 1.78. The first-order chi connectivity index (χ1) is 4.83. The highest BCUT2D eigenvalue weighted by Crippen LogP contribution is 2.07. The Balaban J connectivity index is 2.89. The van der Waals surface area contributed by atoms with Crippen molar-refractivity contribution in [2.75, 3.05) is 0 Å². The topological polar surface area (TPSA) is 12.4 Å². The van der Waals surface area contributed by atoms with E-state index in [2.05, 4.69) is 4.51 Å². The van der Waals surface area contributed by atoms with Gasteiger partial charge in [-0.05, 0) is 17.7 Å². The summed E-state index contributed by atoms with van der Waals surface area (Å²) in [5.41, 5.74) is 0.944. The molecule has 1 aromatic carbocycles. The predicted molar refractivity (Wildman–Crippen MR) is 44.9 cm³/mol. The molecule has 0 spiro atoms. The Labute approximate surface area is 69.4 Å². The van der Waals surface area contributed by atoms with Crippen LogP contribution in [0.1, 0.15) is 5.56 Å². The Morgan fingerprint density at radius 2 is 1.80 bits per heavy atom. The van der Waals surface area contributed by atoms with Crippen molar-refractivity contribution in [3.05, 3.63) is 34.9 Å². The number of rotatable bonds is 1. The highest BCUT2D eigenvalue weighted by Gasteiger charge is 1.86. The molecule has 0 saturated heterocycles. The minimum Gasteiger partial charge on any atom is -0.185 e. The van der Waals surface area contributed by atoms with Gasteiger partial charge in [0.1, 0.15) is 0 Å². The molecule has 0 aliphatic heterocycles. The number of halogens is 2. The third-order valence-corrected chi connectivity index (χ3v) is 1.42. The van der Waals surface area contributed by atoms with E-state index in [0.29, 0.717) is 5.02 Å². The van der Waals surface area contributed by atoms with Crippen molar-refractivity contribution < 1.29 is 0 Å². The van der Waals surface area contributed by atoms with Crippen LogP contribution in [0.3, 0.4) is 0 Å². The van der Waals surface area contributed by atoms with Crippen molar-refractivity contribution in [3.63, 3.8) is 0 Å². The fourth-order valence-corrected chi connectivity index (χ4v) is 0.844. The lowest BCUT2D eigenvalue weighted by Gasteiger charge is -1.89. The van der Waals surface area contributed by atoms with Gasteiger partial charge in [-0.15, -0.1) is 0 Å². The van der Waals surface area contributed by atoms with Gasteiger partial charge in [-0.1, -0.05) is 23.7 Å². The molecule has 0 bridgehead atoms. The van der Waals surface area contributed by atoms with Crippen LogP contribution < -0.4 is 0 Å². The summed E-state index contributed by atoms with van der Waals surface area (Å²) in [6.45, 7) is 0. The predicted octanol–water partition coefficient (Wildman–Crippen LogP) is 2.91. The molecular formula is C7H5Cl2N. The van der Waals surface area contributed by atoms with Crippen LogP contribution in [0.2, 0.25) is 5.02 Å². The molecule has 0 saturated carbocycles. The summed E-state index contributed by atoms with van der Waals surface area (Å²) in [5, 5.41) is 0.715. The van der Waals surface area contributed by atoms with E-state index in [4.69, 9.17) is 23.4 Å². The summed E-state index contributed by atoms with van der Waals surface area (Å²) in [4.78, 5) is 0. The first-order valence-electron chi connectivity index (χ1n) is 2.73. The van der Waals surface area contributed by atoms with Crippen molar-refractivity contribution in [1.82, 2.24) is 0 Å². The molecule has 0 atom stereocenters. The summed E-state index contributed by atoms with van der Waals surface area (Å²) < 4.78 is 3.34. The van der Waals surface area contributed by atoms with Crippen LogP contribution in [0.4, 0.5) is 0 Å². The SMILES string of the molecule is ClN=Cc1ccc(Cl)cc1. The van der Waals surface area contributed by atoms with Gasteiger partial charge in [-0.25, -0.2) is 0 Å². The third kappa shape index (κ3) is 2.01. The molecule has 1 aromatic rings. The lowest BCUT2D eigenvalue weighted by molar-refractivity contribution is 1.66. The normalized spacial score (nSPS) is 10.6. The van der Waals surface area contributed by atoms with E-state index in [-0.39, 0.29) is 0 Å². The highest BCUT2D eigenvalue weighted by molar-refractivity contribution is 6.30. The van der Waals surface area contributed by atoms with Gasteiger partial charge in [0.05, 0.1) is 0 Å². The van der Waals surface area contributed by atoms with E-state index in [0.717, 1.165) is 5.56 Å². The van der Waals surface area contributed by atoms with Crippen molar-refractivity contribution >= 4 is 29.6 Å². The van der Waals surface area contributed by atoms with Gasteiger partial charge in [0.15, 0.2) is 0 Å². The largest absolute Gasteiger partial charge is 0.185 e. The Morgan fingerprint density at radius 1 is 1.20 bits per heavy atom. The van der Waals surface area contributed by atoms with Crippen LogP contribution >= 0.6 is 23.4 Å². The quantitative estimate of drug-likeness (QED) is 0.580. The molecule has 0 aromatic heterocycles. The van der Waals surface area contributed by atoms with Crippen molar-refractivity contribution in [3.8, 4) is 0 Å². The van der Waals surface area contributed by atoms with Gasteiger partial charge in [0.25, 0.3) is 0 Å². The molecule has 0 heterocycles. The van der Waals surface area contributed by atoms with E-state index in [1.54, 1.807) is 18.3 Å². The first-order valence-corrected chi connectivity index (χ1v) is 3.44. The second kappa shape index (κ2) is 3.59. The molecule has 3 heteroatoms. The molecule has 0 N–H and O–H groups in total. The molecule has 1 rings (SSSR count). The zero-order valence-electron chi connectivity index (χ0n) is 5.09. The maximum absolute atomic E-state index is 5.63. The minimum atomic E-state index is 0.715. The van der Waals surface area contributed by atoms with Gasteiger partial charge in [0.2, 0.25) is 0 Å². The van der Waals surface area contributed by atoms with E-state index in [9.17, 15) is 0 Å². The molecular weight excluding hydrogens is 169 g/mol. The second-order valence-corrected chi connectivity index (χ2v) is 2.41. The first kappa shape index (κ1) is 7.58. The number of benzene rings is 1. The van der Waals surface area contributed by atoms with E-state index >= 15 is 0 Å². The van der Waals surface area contributed by atoms with Gasteiger partial charge in [-0.2, -0.15) is 4.51 Å². The van der Waals surface area contributed by atoms with Crippen LogP contribution in [0.5, 0.6) is 0 Å². The van der Waals surface area contributed by atoms with Crippen LogP contribution in [0, 0.1) is 0 Å². The maximum Gasteiger partial charge on any atom is 0.0487 e. The molecule has 0 amide bonds. The number of nitrogens with zero attached hydrogens (tertiary/aromatic N) is 1. The van der Waals surface area contributed by atoms with Crippen molar-refractivity contribution in [2.24, 2.45) is 4.51 Å². The average Bonchev–Trinajstić information content (AvgIpc) is 1.95. The minimum absolute atomic E-state index is 0.715. The maximum atomic E-state index is 5.63. The highest BCUT2D eigenvalue weighted by atomic mass is 35.5. The van der Waals surface area contributed by atoms with Crippen molar-refractivity contribution in [1.29, 1.82) is 0 Å². The molecule has 0 fully saturated rings. The summed E-state index contributed by atoms with van der Waals surface area (Å²) in [7, 11) is 0. The van der Waals surface area contributed by atoms with Gasteiger partial charge >= 0.3 is 0 Å². The zero-order valence-corrected chi connectivity index (χ0v) is 6.60. The smallest absolute Gasteiger partial charge is 0.0487 e. The zero-order chi connectivity index (χ0) is 7.40. The molecule has 10 heavy (non-hydrogen) atoms. The molecule has 52 valence electrons. The summed E-state index contributed by atoms with van der Waals surface area (Å²) >= 11 is 10.7. The standard InChI is InChI=1S/C7H5Cl2N/c8-7-3-1-6(2-4-7)5-10-9/h1-5H. The van der Waals surface area contributed by atoms with E-state index < -0.39 is 0 Å². The Kier molecular flexibility index (Phi) is 2.72. The summed E-state index contributed by atoms with van der Waals surface area (Å²) in [5.74, 6) is 0. The number of hydrogen-bond donors (Lipinski definition) is 0. The molecule has 0 radical (unpaired) electrons. The van der Waals surface area contributed by atoms with Gasteiger partial charge < -0.3 is 0 Å². The van der Waals surface area contributed by atoms with Crippen LogP contribution in [-0.2, 0) is 0 Å². The average molecular weight is 174 g/mol. The third-order valence-electron chi connectivity index (χ3n) is 1.07. The van der Waals surface area contributed by atoms with Gasteiger partial charge in [0, 0.05) is 23.0 Å². The van der Waals surface area contributed by atoms with Crippen molar-refractivity contribution in [2.45, 2.75) is 0 Å². The Hall–Kier alpha value is -0.530. The molecule has 0 aliphatic rings. The van der Waals surface area contributed by atoms with Crippen LogP contribution in [-0.4, -0.2) is 6.21 Å². The summed E-state index contributed by atoms with van der Waals surface area (Å²) in [6.07, 6.45) is 1.55. The Bertz CT molecular complexity index is 228. The Morgan fingerprint density at radius 3 is 2.30 bits per heavy atom. The van der Waals surface area contributed by atoms with E-state index in [1.807, 2.05) is 12.1 Å². The molecule has 0 aliphatic carbocycles. The van der Waals surface area contributed by atoms with E-state index in [1.165, 1.54) is 0 Å². The monoisotopic (exact) mass is 173 g/mol. The number of hydrogen-bond acceptors (Lipinski definition) is 1. The van der Waals surface area contributed by atoms with Gasteiger partial charge in [-0.3, -0.25) is 0 Å². The fourth-order valence-electron chi connectivity index (χ4n) is 0.605. The molecule has 0 unspecified atom stereocenters.